The Balaban J connectivity index is 1.05. The minimum absolute atomic E-state index is 0.00383. The zero-order valence-corrected chi connectivity index (χ0v) is 45.0. The smallest absolute Gasteiger partial charge is 0.421 e. The standard InChI is InChI=1S/C64H61N5O13/c70-35-36-78-49-23-19-47(20-24-49)58-64(50-37-42(27-30-63(75)28-9-1-2-10-29-63)17-25-51(50)67(61(64)73)62(74)79-40-43-15-21-48(22-16-43)69(76)77)54(59(71)66-33-31-65(32-34-66)39-44-18-26-52-53(38-44)81-41-80-52)56-60(72)82-57(46-13-7-4-8-14-46)55(68(56)58)45-11-5-3-6-12-45/h3-8,11-26,37-38,54-58,70,75H,1-2,9-10,28-29,31-36,39-41H2/t54-,55-,56-,57+,58+,64-/m0/s1. The Kier molecular flexibility index (Phi) is 15.0. The van der Waals surface area contributed by atoms with E-state index in [0.717, 1.165) is 41.7 Å². The first-order valence-corrected chi connectivity index (χ1v) is 27.9. The third-order valence-corrected chi connectivity index (χ3v) is 16.9. The van der Waals surface area contributed by atoms with Crippen LogP contribution in [-0.2, 0) is 42.4 Å². The summed E-state index contributed by atoms with van der Waals surface area (Å²) in [5.74, 6) is 4.52. The lowest BCUT2D eigenvalue weighted by Crippen LogP contribution is -2.59. The number of nitrogens with zero attached hydrogens (tertiary/aromatic N) is 5. The van der Waals surface area contributed by atoms with Crippen LogP contribution in [0.4, 0.5) is 16.2 Å². The fourth-order valence-corrected chi connectivity index (χ4v) is 13.0. The van der Waals surface area contributed by atoms with E-state index in [1.165, 1.54) is 24.3 Å². The number of nitro groups is 1. The van der Waals surface area contributed by atoms with Crippen molar-refractivity contribution >= 4 is 35.3 Å². The number of ether oxygens (including phenoxy) is 5. The van der Waals surface area contributed by atoms with Gasteiger partial charge in [0.25, 0.3) is 5.69 Å². The van der Waals surface area contributed by atoms with Crippen molar-refractivity contribution < 1.29 is 58.0 Å². The van der Waals surface area contributed by atoms with Gasteiger partial charge in [0.15, 0.2) is 11.5 Å². The van der Waals surface area contributed by atoms with Gasteiger partial charge < -0.3 is 38.8 Å². The van der Waals surface area contributed by atoms with Crippen molar-refractivity contribution in [3.8, 4) is 29.1 Å². The van der Waals surface area contributed by atoms with E-state index in [4.69, 9.17) is 23.7 Å². The predicted molar refractivity (Wildman–Crippen MR) is 298 cm³/mol. The van der Waals surface area contributed by atoms with Crippen LogP contribution in [0, 0.1) is 27.9 Å². The number of carbonyl (C=O) groups excluding carboxylic acids is 4. The van der Waals surface area contributed by atoms with Crippen LogP contribution in [0.5, 0.6) is 17.2 Å². The lowest BCUT2D eigenvalue weighted by atomic mass is 9.64. The number of nitro benzene ring substituents is 1. The van der Waals surface area contributed by atoms with Crippen molar-refractivity contribution in [3.63, 3.8) is 0 Å². The Morgan fingerprint density at radius 2 is 1.43 bits per heavy atom. The van der Waals surface area contributed by atoms with E-state index >= 15 is 19.2 Å². The molecule has 5 aliphatic heterocycles. The molecule has 1 aliphatic carbocycles. The largest absolute Gasteiger partial charge is 0.491 e. The third-order valence-electron chi connectivity index (χ3n) is 16.9. The minimum atomic E-state index is -2.13. The number of benzene rings is 6. The predicted octanol–water partition coefficient (Wildman–Crippen LogP) is 8.48. The Morgan fingerprint density at radius 3 is 2.12 bits per heavy atom. The van der Waals surface area contributed by atoms with Crippen molar-refractivity contribution in [3.05, 3.63) is 195 Å². The lowest BCUT2D eigenvalue weighted by Gasteiger charge is -2.46. The second-order valence-electron chi connectivity index (χ2n) is 21.7. The number of hydrogen-bond donors (Lipinski definition) is 2. The molecule has 6 atom stereocenters. The number of aliphatic hydroxyl groups is 2. The molecule has 2 N–H and O–H groups in total. The van der Waals surface area contributed by atoms with E-state index in [1.54, 1.807) is 47.4 Å². The minimum Gasteiger partial charge on any atom is -0.491 e. The summed E-state index contributed by atoms with van der Waals surface area (Å²) in [7, 11) is 0. The molecule has 6 aromatic rings. The van der Waals surface area contributed by atoms with Gasteiger partial charge in [0.1, 0.15) is 42.1 Å². The van der Waals surface area contributed by atoms with Gasteiger partial charge in [-0.1, -0.05) is 104 Å². The maximum absolute atomic E-state index is 17.0. The number of fused-ring (bicyclic) bond motifs is 4. The van der Waals surface area contributed by atoms with Gasteiger partial charge in [-0.3, -0.25) is 34.3 Å². The Hall–Kier alpha value is -8.60. The molecular formula is C64H61N5O13. The fourth-order valence-electron chi connectivity index (χ4n) is 13.0. The molecule has 6 aromatic carbocycles. The van der Waals surface area contributed by atoms with Gasteiger partial charge in [0.05, 0.1) is 35.2 Å². The Bertz CT molecular complexity index is 3450. The Labute approximate surface area is 473 Å². The topological polar surface area (TPSA) is 211 Å². The molecule has 5 heterocycles. The molecule has 0 bridgehead atoms. The van der Waals surface area contributed by atoms with E-state index in [0.29, 0.717) is 72.0 Å². The molecule has 6 aliphatic rings. The van der Waals surface area contributed by atoms with Gasteiger partial charge in [0.2, 0.25) is 18.6 Å². The molecule has 0 radical (unpaired) electrons. The third kappa shape index (κ3) is 10.1. The molecule has 0 aromatic heterocycles. The van der Waals surface area contributed by atoms with E-state index in [2.05, 4.69) is 16.7 Å². The molecule has 1 saturated carbocycles. The first-order chi connectivity index (χ1) is 39.9. The van der Waals surface area contributed by atoms with E-state index in [1.807, 2.05) is 83.8 Å². The highest BCUT2D eigenvalue weighted by Gasteiger charge is 2.76. The summed E-state index contributed by atoms with van der Waals surface area (Å²) in [5.41, 5.74) is 0.453. The molecule has 18 heteroatoms. The molecule has 18 nitrogen and oxygen atoms in total. The van der Waals surface area contributed by atoms with Crippen molar-refractivity contribution in [1.82, 2.24) is 14.7 Å². The molecule has 12 rings (SSSR count). The Morgan fingerprint density at radius 1 is 0.744 bits per heavy atom. The highest BCUT2D eigenvalue weighted by molar-refractivity contribution is 6.23. The molecule has 0 unspecified atom stereocenters. The number of anilines is 1. The maximum Gasteiger partial charge on any atom is 0.421 e. The maximum atomic E-state index is 17.0. The molecular weight excluding hydrogens is 1050 g/mol. The van der Waals surface area contributed by atoms with Crippen molar-refractivity contribution in [1.29, 1.82) is 0 Å². The van der Waals surface area contributed by atoms with Gasteiger partial charge in [-0.25, -0.2) is 9.69 Å². The van der Waals surface area contributed by atoms with Crippen molar-refractivity contribution in [2.45, 2.75) is 86.9 Å². The van der Waals surface area contributed by atoms with E-state index in [-0.39, 0.29) is 56.6 Å². The summed E-state index contributed by atoms with van der Waals surface area (Å²) in [5, 5.41) is 33.2. The summed E-state index contributed by atoms with van der Waals surface area (Å²) in [6.07, 6.45) is 2.44. The van der Waals surface area contributed by atoms with Crippen LogP contribution in [0.2, 0.25) is 0 Å². The number of morpholine rings is 1. The number of amides is 3. The van der Waals surface area contributed by atoms with Crippen LogP contribution in [-0.4, -0.2) is 112 Å². The van der Waals surface area contributed by atoms with Crippen LogP contribution in [0.15, 0.2) is 146 Å². The van der Waals surface area contributed by atoms with Gasteiger partial charge >= 0.3 is 12.1 Å². The molecule has 420 valence electrons. The monoisotopic (exact) mass is 1110 g/mol. The lowest BCUT2D eigenvalue weighted by molar-refractivity contribution is -0.384. The molecule has 4 fully saturated rings. The zero-order valence-electron chi connectivity index (χ0n) is 45.0. The average molecular weight is 1110 g/mol. The first-order valence-electron chi connectivity index (χ1n) is 27.9. The van der Waals surface area contributed by atoms with Gasteiger partial charge in [0, 0.05) is 50.4 Å². The molecule has 1 spiro atoms. The number of aliphatic hydroxyl groups excluding tert-OH is 1. The number of carbonyl (C=O) groups is 4. The van der Waals surface area contributed by atoms with Crippen molar-refractivity contribution in [2.24, 2.45) is 5.92 Å². The van der Waals surface area contributed by atoms with Gasteiger partial charge in [-0.05, 0) is 114 Å². The summed E-state index contributed by atoms with van der Waals surface area (Å²) < 4.78 is 29.8. The second kappa shape index (κ2) is 22.7. The normalized spacial score (nSPS) is 23.7. The second-order valence-corrected chi connectivity index (χ2v) is 21.7. The summed E-state index contributed by atoms with van der Waals surface area (Å²) >= 11 is 0. The molecule has 82 heavy (non-hydrogen) atoms. The van der Waals surface area contributed by atoms with Crippen LogP contribution in [0.1, 0.15) is 95.7 Å². The zero-order chi connectivity index (χ0) is 56.5. The number of imide groups is 1. The van der Waals surface area contributed by atoms with Crippen LogP contribution >= 0.6 is 0 Å². The highest BCUT2D eigenvalue weighted by Crippen LogP contribution is 2.66. The number of cyclic esters (lactones) is 1. The van der Waals surface area contributed by atoms with Crippen LogP contribution in [0.3, 0.4) is 0 Å². The number of esters is 1. The summed E-state index contributed by atoms with van der Waals surface area (Å²) in [4.78, 5) is 82.4. The molecule has 3 amide bonds. The first kappa shape index (κ1) is 54.0. The molecule has 3 saturated heterocycles. The van der Waals surface area contributed by atoms with Crippen LogP contribution < -0.4 is 19.1 Å². The van der Waals surface area contributed by atoms with Gasteiger partial charge in [-0.2, -0.15) is 0 Å². The highest BCUT2D eigenvalue weighted by atomic mass is 16.7. The van der Waals surface area contributed by atoms with Crippen LogP contribution in [0.25, 0.3) is 0 Å². The van der Waals surface area contributed by atoms with E-state index < -0.39 is 70.0 Å². The number of non-ortho nitro benzene ring substituents is 1. The SMILES string of the molecule is O=C1O[C@H](c2ccccc2)[C@H](c2ccccc2)N2[C@H]1[C@@H](C(=O)N1CCN(Cc3ccc4c(c3)OCO4)CC1)[C@]1(C(=O)N(C(=O)OCc3ccc([N+](=O)[O-])cc3)c3ccc(C#CC4(O)CCCCCC4)cc31)[C@H]2c1ccc(OCCO)cc1. The summed E-state index contributed by atoms with van der Waals surface area (Å²) in [6.45, 7) is 1.40. The van der Waals surface area contributed by atoms with Crippen molar-refractivity contribution in [2.75, 3.05) is 51.1 Å². The quantitative estimate of drug-likeness (QED) is 0.0387. The summed E-state index contributed by atoms with van der Waals surface area (Å²) in [6, 6.07) is 38.6. The fraction of sp³-hybridized carbons (Fsp3) is 0.344. The number of hydrogen-bond acceptors (Lipinski definition) is 15. The van der Waals surface area contributed by atoms with E-state index in [9.17, 15) is 20.3 Å². The number of rotatable bonds is 12. The average Bonchev–Trinajstić information content (AvgIpc) is 1.55. The van der Waals surface area contributed by atoms with Gasteiger partial charge in [-0.15, -0.1) is 0 Å². The number of piperazine rings is 1.